The van der Waals surface area contributed by atoms with Crippen LogP contribution in [0.3, 0.4) is 0 Å². The predicted molar refractivity (Wildman–Crippen MR) is 125 cm³/mol. The third-order valence-corrected chi connectivity index (χ3v) is 14.0. The number of carboxylic acid groups (broad SMARTS) is 1. The first-order chi connectivity index (χ1) is 13.9. The number of nitrogens with one attached hydrogen (secondary N) is 1. The predicted octanol–water partition coefficient (Wildman–Crippen LogP) is 6.41. The van der Waals surface area contributed by atoms with Crippen LogP contribution in [0.4, 0.5) is 0 Å². The van der Waals surface area contributed by atoms with E-state index in [1.807, 2.05) is 0 Å². The number of hydrogen-bond acceptors (Lipinski definition) is 2. The molecular weight excluding hydrogens is 469 g/mol. The van der Waals surface area contributed by atoms with Gasteiger partial charge >= 0.3 is 98.3 Å². The average molecular weight is 511 g/mol. The van der Waals surface area contributed by atoms with Crippen molar-refractivity contribution in [3.8, 4) is 0 Å². The number of carbonyl (C=O) groups excluding carboxylic acids is 1. The molecule has 165 valence electrons. The third kappa shape index (κ3) is 13.7. The molecule has 1 rings (SSSR count). The summed E-state index contributed by atoms with van der Waals surface area (Å²) in [5.41, 5.74) is 0.467. The molecular formula is C24H42NO3Sn. The molecule has 1 aromatic rings. The van der Waals surface area contributed by atoms with E-state index in [-0.39, 0.29) is 11.8 Å². The van der Waals surface area contributed by atoms with Gasteiger partial charge < -0.3 is 10.4 Å². The van der Waals surface area contributed by atoms with Crippen LogP contribution in [-0.2, 0) is 4.79 Å². The Morgan fingerprint density at radius 3 is 1.69 bits per heavy atom. The van der Waals surface area contributed by atoms with E-state index in [2.05, 4.69) is 26.1 Å². The van der Waals surface area contributed by atoms with Crippen LogP contribution in [0.15, 0.2) is 30.3 Å². The minimum absolute atomic E-state index is 0.148. The van der Waals surface area contributed by atoms with Crippen LogP contribution in [-0.4, -0.2) is 42.8 Å². The zero-order valence-corrected chi connectivity index (χ0v) is 22.0. The van der Waals surface area contributed by atoms with Crippen molar-refractivity contribution in [3.05, 3.63) is 35.9 Å². The van der Waals surface area contributed by atoms with E-state index in [9.17, 15) is 9.59 Å². The van der Waals surface area contributed by atoms with Crippen molar-refractivity contribution < 1.29 is 14.7 Å². The molecule has 0 heterocycles. The fraction of sp³-hybridized carbons (Fsp3) is 0.667. The molecule has 1 radical (unpaired) electrons. The van der Waals surface area contributed by atoms with E-state index >= 15 is 0 Å². The number of aliphatic carboxylic acids is 1. The van der Waals surface area contributed by atoms with Crippen LogP contribution in [0.5, 0.6) is 0 Å². The van der Waals surface area contributed by atoms with Crippen molar-refractivity contribution in [2.45, 2.75) is 92.5 Å². The molecule has 1 aromatic carbocycles. The maximum absolute atomic E-state index is 11.7. The minimum atomic E-state index is -1.01. The monoisotopic (exact) mass is 512 g/mol. The Bertz CT molecular complexity index is 529. The molecule has 2 N–H and O–H groups in total. The molecule has 5 heteroatoms. The van der Waals surface area contributed by atoms with Crippen molar-refractivity contribution in [3.63, 3.8) is 0 Å². The van der Waals surface area contributed by atoms with Gasteiger partial charge in [0.2, 0.25) is 0 Å². The molecule has 29 heavy (non-hydrogen) atoms. The van der Waals surface area contributed by atoms with Gasteiger partial charge in [0.25, 0.3) is 5.91 Å². The summed E-state index contributed by atoms with van der Waals surface area (Å²) in [5, 5.41) is 11.4. The van der Waals surface area contributed by atoms with Gasteiger partial charge in [0.15, 0.2) is 0 Å². The summed E-state index contributed by atoms with van der Waals surface area (Å²) in [7, 11) is 0. The first-order valence-corrected chi connectivity index (χ1v) is 17.3. The molecule has 1 amide bonds. The molecule has 0 aliphatic rings. The summed E-state index contributed by atoms with van der Waals surface area (Å²) in [6.45, 7) is 10.5. The number of carbonyl (C=O) groups is 2. The molecule has 0 spiro atoms. The second kappa shape index (κ2) is 17.8. The van der Waals surface area contributed by atoms with Crippen molar-refractivity contribution in [1.82, 2.24) is 5.32 Å². The summed E-state index contributed by atoms with van der Waals surface area (Å²) in [6.07, 6.45) is 8.85. The zero-order chi connectivity index (χ0) is 22.1. The number of hydrogen-bond donors (Lipinski definition) is 2. The van der Waals surface area contributed by atoms with Crippen LogP contribution in [0.2, 0.25) is 13.3 Å². The second-order valence-corrected chi connectivity index (χ2v) is 16.5. The molecule has 0 fully saturated rings. The number of amides is 1. The summed E-state index contributed by atoms with van der Waals surface area (Å²) >= 11 is -0.839. The van der Waals surface area contributed by atoms with Crippen LogP contribution in [0.25, 0.3) is 0 Å². The van der Waals surface area contributed by atoms with Crippen LogP contribution in [0, 0.1) is 5.92 Å². The summed E-state index contributed by atoms with van der Waals surface area (Å²) in [5.74, 6) is -1.52. The van der Waals surface area contributed by atoms with E-state index in [0.717, 1.165) is 0 Å². The molecule has 0 saturated carbocycles. The Morgan fingerprint density at radius 1 is 0.897 bits per heavy atom. The van der Waals surface area contributed by atoms with E-state index in [1.54, 1.807) is 57.5 Å². The van der Waals surface area contributed by atoms with Gasteiger partial charge in [-0.25, -0.2) is 4.79 Å². The van der Waals surface area contributed by atoms with Crippen LogP contribution < -0.4 is 5.32 Å². The SMILES string of the molecule is CC(C)C(NC(=O)c1ccccc1)C(=O)O.CCC[CH2][Sn]([CH2]CCC)[CH2]CCC. The van der Waals surface area contributed by atoms with Crippen molar-refractivity contribution in [1.29, 1.82) is 0 Å². The Labute approximate surface area is 185 Å². The van der Waals surface area contributed by atoms with E-state index in [4.69, 9.17) is 5.11 Å². The van der Waals surface area contributed by atoms with Crippen LogP contribution in [0.1, 0.15) is 83.5 Å². The van der Waals surface area contributed by atoms with Gasteiger partial charge in [-0.3, -0.25) is 4.79 Å². The molecule has 1 atom stereocenters. The summed E-state index contributed by atoms with van der Waals surface area (Å²) in [6, 6.07) is 7.71. The number of unbranched alkanes of at least 4 members (excludes halogenated alkanes) is 3. The van der Waals surface area contributed by atoms with Crippen molar-refractivity contribution in [2.24, 2.45) is 5.92 Å². The first kappa shape index (κ1) is 28.0. The van der Waals surface area contributed by atoms with Crippen molar-refractivity contribution >= 4 is 31.6 Å². The number of rotatable bonds is 13. The van der Waals surface area contributed by atoms with Crippen molar-refractivity contribution in [2.75, 3.05) is 0 Å². The van der Waals surface area contributed by atoms with Gasteiger partial charge in [0, 0.05) is 5.56 Å². The van der Waals surface area contributed by atoms with Crippen LogP contribution >= 0.6 is 0 Å². The molecule has 0 bridgehead atoms. The molecule has 4 nitrogen and oxygen atoms in total. The topological polar surface area (TPSA) is 66.4 Å². The zero-order valence-electron chi connectivity index (χ0n) is 19.2. The van der Waals surface area contributed by atoms with Gasteiger partial charge in [-0.1, -0.05) is 32.0 Å². The average Bonchev–Trinajstić information content (AvgIpc) is 2.72. The van der Waals surface area contributed by atoms with Gasteiger partial charge in [-0.15, -0.1) is 0 Å². The first-order valence-electron chi connectivity index (χ1n) is 11.3. The maximum atomic E-state index is 11.7. The normalized spacial score (nSPS) is 11.7. The Balaban J connectivity index is 0.000000555. The molecule has 0 saturated heterocycles. The van der Waals surface area contributed by atoms with Gasteiger partial charge in [0.05, 0.1) is 0 Å². The van der Waals surface area contributed by atoms with E-state index < -0.39 is 31.8 Å². The Morgan fingerprint density at radius 2 is 1.34 bits per heavy atom. The standard InChI is InChI=1S/C12H15NO3.3C4H9.Sn/c1-8(2)10(12(15)16)13-11(14)9-6-4-3-5-7-9;3*1-3-4-2;/h3-8,10H,1-2H3,(H,13,14)(H,15,16);3*1,3-4H2,2H3;. The summed E-state index contributed by atoms with van der Waals surface area (Å²) < 4.78 is 5.04. The fourth-order valence-corrected chi connectivity index (χ4v) is 12.4. The number of carboxylic acids is 1. The Hall–Kier alpha value is -1.04. The molecule has 0 aromatic heterocycles. The van der Waals surface area contributed by atoms with Gasteiger partial charge in [0.1, 0.15) is 6.04 Å². The molecule has 0 aliphatic carbocycles. The number of benzene rings is 1. The second-order valence-electron chi connectivity index (χ2n) is 7.96. The van der Waals surface area contributed by atoms with E-state index in [1.165, 1.54) is 38.5 Å². The van der Waals surface area contributed by atoms with Gasteiger partial charge in [-0.2, -0.15) is 0 Å². The quantitative estimate of drug-likeness (QED) is 0.301. The third-order valence-electron chi connectivity index (χ3n) is 4.91. The Kier molecular flexibility index (Phi) is 17.1. The molecule has 1 unspecified atom stereocenters. The fourth-order valence-electron chi connectivity index (χ4n) is 2.98. The molecule has 0 aliphatic heterocycles. The summed E-state index contributed by atoms with van der Waals surface area (Å²) in [4.78, 5) is 22.6. The van der Waals surface area contributed by atoms with Gasteiger partial charge in [-0.05, 0) is 18.1 Å². The van der Waals surface area contributed by atoms with E-state index in [0.29, 0.717) is 5.56 Å².